The molecule has 2 aromatic heterocycles. The van der Waals surface area contributed by atoms with Gasteiger partial charge in [0.25, 0.3) is 0 Å². The van der Waals surface area contributed by atoms with Crippen molar-refractivity contribution in [3.8, 4) is 28.4 Å². The van der Waals surface area contributed by atoms with E-state index in [9.17, 15) is 14.3 Å². The van der Waals surface area contributed by atoms with Gasteiger partial charge in [-0.3, -0.25) is 9.89 Å². The fourth-order valence-corrected chi connectivity index (χ4v) is 5.81. The molecule has 2 aromatic carbocycles. The van der Waals surface area contributed by atoms with Gasteiger partial charge in [0.15, 0.2) is 17.4 Å². The number of aromatic amines is 2. The number of H-pyrrole nitrogens is 2. The monoisotopic (exact) mass is 520 g/mol. The van der Waals surface area contributed by atoms with E-state index in [0.29, 0.717) is 59.7 Å². The van der Waals surface area contributed by atoms with Gasteiger partial charge in [-0.15, -0.1) is 0 Å². The van der Waals surface area contributed by atoms with Crippen LogP contribution in [0, 0.1) is 17.6 Å². The summed E-state index contributed by atoms with van der Waals surface area (Å²) in [6.07, 6.45) is 2.11. The summed E-state index contributed by atoms with van der Waals surface area (Å²) in [5.74, 6) is -0.929. The van der Waals surface area contributed by atoms with Gasteiger partial charge < -0.3 is 20.3 Å². The molecule has 0 unspecified atom stereocenters. The van der Waals surface area contributed by atoms with Crippen molar-refractivity contribution in [1.82, 2.24) is 30.4 Å². The SMILES string of the molecule is CCc1cc(O)c(F)cc1-c1cc(F)c2c(-c3nc4c([nH]3)CN(C(=O)[C@@]3(C)NCC[C@@H]3C)CC4)n[nH]c2c1. The molecule has 1 amide bonds. The fourth-order valence-electron chi connectivity index (χ4n) is 5.81. The molecular weight excluding hydrogens is 490 g/mol. The molecule has 2 aliphatic rings. The second-order valence-corrected chi connectivity index (χ2v) is 10.6. The minimum atomic E-state index is -0.760. The number of carbonyl (C=O) groups is 1. The van der Waals surface area contributed by atoms with Crippen molar-refractivity contribution in [2.45, 2.75) is 52.1 Å². The molecule has 4 N–H and O–H groups in total. The second-order valence-electron chi connectivity index (χ2n) is 10.6. The molecule has 0 spiro atoms. The van der Waals surface area contributed by atoms with Crippen molar-refractivity contribution in [3.05, 3.63) is 52.9 Å². The maximum absolute atomic E-state index is 15.5. The fraction of sp³-hybridized carbons (Fsp3) is 0.393. The lowest BCUT2D eigenvalue weighted by Gasteiger charge is -2.36. The van der Waals surface area contributed by atoms with E-state index in [1.165, 1.54) is 18.2 Å². The summed E-state index contributed by atoms with van der Waals surface area (Å²) in [6.45, 7) is 7.78. The number of amides is 1. The van der Waals surface area contributed by atoms with Crippen LogP contribution in [0.2, 0.25) is 0 Å². The molecule has 38 heavy (non-hydrogen) atoms. The van der Waals surface area contributed by atoms with Crippen LogP contribution in [0.1, 0.15) is 44.1 Å². The Hall–Kier alpha value is -3.79. The molecule has 0 saturated carbocycles. The van der Waals surface area contributed by atoms with Crippen LogP contribution in [0.4, 0.5) is 8.78 Å². The highest BCUT2D eigenvalue weighted by molar-refractivity contribution is 5.95. The molecule has 2 aliphatic heterocycles. The Morgan fingerprint density at radius 1 is 1.24 bits per heavy atom. The van der Waals surface area contributed by atoms with Gasteiger partial charge in [0.1, 0.15) is 11.5 Å². The van der Waals surface area contributed by atoms with Crippen molar-refractivity contribution in [1.29, 1.82) is 0 Å². The normalized spacial score (nSPS) is 21.3. The lowest BCUT2D eigenvalue weighted by atomic mass is 9.87. The number of aryl methyl sites for hydroxylation is 1. The van der Waals surface area contributed by atoms with Gasteiger partial charge in [-0.1, -0.05) is 13.8 Å². The highest BCUT2D eigenvalue weighted by atomic mass is 19.1. The Kier molecular flexibility index (Phi) is 5.75. The Morgan fingerprint density at radius 3 is 2.79 bits per heavy atom. The van der Waals surface area contributed by atoms with E-state index >= 15 is 4.39 Å². The molecule has 0 radical (unpaired) electrons. The number of hydrogen-bond donors (Lipinski definition) is 4. The molecule has 6 rings (SSSR count). The number of rotatable bonds is 4. The number of phenols is 1. The lowest BCUT2D eigenvalue weighted by molar-refractivity contribution is -0.139. The summed E-state index contributed by atoms with van der Waals surface area (Å²) in [7, 11) is 0. The number of hydrogen-bond acceptors (Lipinski definition) is 5. The largest absolute Gasteiger partial charge is 0.505 e. The van der Waals surface area contributed by atoms with Crippen LogP contribution in [0.25, 0.3) is 33.5 Å². The van der Waals surface area contributed by atoms with E-state index < -0.39 is 22.9 Å². The second kappa shape index (κ2) is 8.90. The summed E-state index contributed by atoms with van der Waals surface area (Å²) >= 11 is 0. The molecule has 4 heterocycles. The van der Waals surface area contributed by atoms with Crippen molar-refractivity contribution in [3.63, 3.8) is 0 Å². The maximum atomic E-state index is 15.5. The van der Waals surface area contributed by atoms with Crippen molar-refractivity contribution < 1.29 is 18.7 Å². The third-order valence-corrected chi connectivity index (χ3v) is 8.32. The van der Waals surface area contributed by atoms with Crippen molar-refractivity contribution in [2.75, 3.05) is 13.1 Å². The topological polar surface area (TPSA) is 110 Å². The zero-order valence-corrected chi connectivity index (χ0v) is 21.6. The maximum Gasteiger partial charge on any atom is 0.243 e. The van der Waals surface area contributed by atoms with Crippen LogP contribution in [0.3, 0.4) is 0 Å². The minimum Gasteiger partial charge on any atom is -0.505 e. The predicted octanol–water partition coefficient (Wildman–Crippen LogP) is 4.44. The van der Waals surface area contributed by atoms with Crippen LogP contribution in [0.15, 0.2) is 24.3 Å². The van der Waals surface area contributed by atoms with Gasteiger partial charge in [-0.25, -0.2) is 13.8 Å². The number of benzene rings is 2. The van der Waals surface area contributed by atoms with Gasteiger partial charge in [-0.2, -0.15) is 5.10 Å². The smallest absolute Gasteiger partial charge is 0.243 e. The number of phenolic OH excluding ortho intramolecular Hbond substituents is 1. The molecular formula is C28H30F2N6O2. The number of fused-ring (bicyclic) bond motifs is 2. The van der Waals surface area contributed by atoms with Gasteiger partial charge >= 0.3 is 0 Å². The molecule has 2 atom stereocenters. The standard InChI is InChI=1S/C28H30F2N6O2/c1-4-15-11-23(37)18(29)12-17(15)16-9-19(30)24-21(10-16)34-35-25(24)26-32-20-6-8-36(13-22(20)33-26)27(38)28(3)14(2)5-7-31-28/h9-12,14,31,37H,4-8,13H2,1-3H3,(H,32,33)(H,34,35)/t14-,28-/m0/s1. The van der Waals surface area contributed by atoms with E-state index in [2.05, 4.69) is 27.4 Å². The first-order valence-electron chi connectivity index (χ1n) is 13.0. The molecule has 0 bridgehead atoms. The van der Waals surface area contributed by atoms with Gasteiger partial charge in [-0.05, 0) is 73.2 Å². The Labute approximate surface area is 218 Å². The Morgan fingerprint density at radius 2 is 2.05 bits per heavy atom. The van der Waals surface area contributed by atoms with Gasteiger partial charge in [0, 0.05) is 13.0 Å². The molecule has 8 nitrogen and oxygen atoms in total. The summed E-state index contributed by atoms with van der Waals surface area (Å²) in [5, 5.41) is 20.7. The minimum absolute atomic E-state index is 0.0882. The first-order valence-corrected chi connectivity index (χ1v) is 13.0. The van der Waals surface area contributed by atoms with Crippen LogP contribution < -0.4 is 5.32 Å². The summed E-state index contributed by atoms with van der Waals surface area (Å²) in [4.78, 5) is 23.2. The number of nitrogens with one attached hydrogen (secondary N) is 3. The number of nitrogens with zero attached hydrogens (tertiary/aromatic N) is 3. The lowest BCUT2D eigenvalue weighted by Crippen LogP contribution is -2.56. The van der Waals surface area contributed by atoms with Crippen molar-refractivity contribution >= 4 is 16.8 Å². The van der Waals surface area contributed by atoms with Crippen LogP contribution in [0.5, 0.6) is 5.75 Å². The summed E-state index contributed by atoms with van der Waals surface area (Å²) < 4.78 is 29.7. The molecule has 0 aliphatic carbocycles. The highest BCUT2D eigenvalue weighted by Crippen LogP contribution is 2.36. The molecule has 198 valence electrons. The molecule has 1 fully saturated rings. The van der Waals surface area contributed by atoms with Gasteiger partial charge in [0.2, 0.25) is 5.91 Å². The number of carbonyl (C=O) groups excluding carboxylic acids is 1. The number of aromatic hydroxyl groups is 1. The van der Waals surface area contributed by atoms with Gasteiger partial charge in [0.05, 0.1) is 34.4 Å². The summed E-state index contributed by atoms with van der Waals surface area (Å²) in [6, 6.07) is 5.67. The number of halogens is 2. The Balaban J connectivity index is 1.33. The first-order chi connectivity index (χ1) is 18.2. The van der Waals surface area contributed by atoms with E-state index in [4.69, 9.17) is 4.98 Å². The third-order valence-electron chi connectivity index (χ3n) is 8.32. The molecule has 1 saturated heterocycles. The van der Waals surface area contributed by atoms with E-state index in [1.54, 1.807) is 6.07 Å². The van der Waals surface area contributed by atoms with Crippen LogP contribution >= 0.6 is 0 Å². The van der Waals surface area contributed by atoms with Crippen molar-refractivity contribution in [2.24, 2.45) is 5.92 Å². The average Bonchev–Trinajstić information content (AvgIpc) is 3.61. The highest BCUT2D eigenvalue weighted by Gasteiger charge is 2.45. The zero-order chi connectivity index (χ0) is 26.8. The van der Waals surface area contributed by atoms with E-state index in [0.717, 1.165) is 24.4 Å². The number of aromatic nitrogens is 4. The molecule has 4 aromatic rings. The van der Waals surface area contributed by atoms with Crippen LogP contribution in [-0.4, -0.2) is 54.7 Å². The average molecular weight is 521 g/mol. The zero-order valence-electron chi connectivity index (χ0n) is 21.6. The van der Waals surface area contributed by atoms with Crippen LogP contribution in [-0.2, 0) is 24.2 Å². The quantitative estimate of drug-likeness (QED) is 0.318. The Bertz CT molecular complexity index is 1580. The molecule has 10 heteroatoms. The third kappa shape index (κ3) is 3.77. The van der Waals surface area contributed by atoms with E-state index in [-0.39, 0.29) is 17.2 Å². The number of imidazole rings is 1. The summed E-state index contributed by atoms with van der Waals surface area (Å²) in [5.41, 5.74) is 3.60. The van der Waals surface area contributed by atoms with E-state index in [1.807, 2.05) is 18.7 Å². The predicted molar refractivity (Wildman–Crippen MR) is 139 cm³/mol. The first kappa shape index (κ1) is 24.5.